The number of fused-ring (bicyclic) bond motifs is 1. The summed E-state index contributed by atoms with van der Waals surface area (Å²) in [5, 5.41) is 21.9. The Kier molecular flexibility index (Phi) is 8.75. The summed E-state index contributed by atoms with van der Waals surface area (Å²) < 4.78 is 16.9. The number of cyclic esters (lactones) is 1. The molecule has 0 amide bonds. The minimum Gasteiger partial charge on any atom is -0.457 e. The maximum absolute atomic E-state index is 13.1. The molecule has 1 aliphatic heterocycles. The topological polar surface area (TPSA) is 119 Å². The number of ketones is 1. The van der Waals surface area contributed by atoms with Crippen molar-refractivity contribution in [1.82, 2.24) is 4.98 Å². The molecule has 2 aromatic rings. The monoisotopic (exact) mass is 507 g/mol. The maximum atomic E-state index is 13.1. The zero-order chi connectivity index (χ0) is 25.9. The number of nitrogens with zero attached hydrogens (tertiary/aromatic N) is 1. The lowest BCUT2D eigenvalue weighted by atomic mass is 9.73. The molecule has 5 atom stereocenters. The van der Waals surface area contributed by atoms with Crippen LogP contribution in [-0.4, -0.2) is 52.4 Å². The lowest BCUT2D eigenvalue weighted by molar-refractivity contribution is -0.156. The first-order valence-electron chi connectivity index (χ1n) is 11.8. The molecule has 0 aliphatic carbocycles. The van der Waals surface area contributed by atoms with Gasteiger partial charge in [-0.05, 0) is 17.7 Å². The lowest BCUT2D eigenvalue weighted by Gasteiger charge is -2.34. The Morgan fingerprint density at radius 3 is 2.60 bits per heavy atom. The molecule has 3 rings (SSSR count). The molecule has 0 radical (unpaired) electrons. The standard InChI is InChI=1S/C26H34ClNO7/c1-14-12-33-13-18(27)7-9-20(17-6-8-21-19(10-17)28-16(3)34-21)35-23(30)11-22(29)26(4,5)25(32)15(2)24(14)31/h6-8,10,14-15,20,22,24,29,31H,9,11-13H2,1-5H3/b18-7+/t14-,15+,20-,22-,24-/m0/s1. The average molecular weight is 508 g/mol. The second-order valence-electron chi connectivity index (χ2n) is 9.90. The molecule has 192 valence electrons. The number of oxazole rings is 1. The van der Waals surface area contributed by atoms with E-state index in [4.69, 9.17) is 25.5 Å². The van der Waals surface area contributed by atoms with Gasteiger partial charge in [-0.1, -0.05) is 51.4 Å². The van der Waals surface area contributed by atoms with Gasteiger partial charge in [0, 0.05) is 30.2 Å². The lowest BCUT2D eigenvalue weighted by Crippen LogP contribution is -2.46. The minimum atomic E-state index is -1.29. The van der Waals surface area contributed by atoms with Gasteiger partial charge in [0.15, 0.2) is 11.5 Å². The van der Waals surface area contributed by atoms with Crippen molar-refractivity contribution in [3.8, 4) is 0 Å². The molecular weight excluding hydrogens is 474 g/mol. The van der Waals surface area contributed by atoms with Gasteiger partial charge < -0.3 is 24.1 Å². The van der Waals surface area contributed by atoms with E-state index in [2.05, 4.69) is 4.98 Å². The van der Waals surface area contributed by atoms with Crippen LogP contribution >= 0.6 is 11.6 Å². The van der Waals surface area contributed by atoms with Crippen molar-refractivity contribution in [2.75, 3.05) is 13.2 Å². The zero-order valence-electron chi connectivity index (χ0n) is 20.8. The van der Waals surface area contributed by atoms with Gasteiger partial charge in [-0.15, -0.1) is 0 Å². The van der Waals surface area contributed by atoms with Gasteiger partial charge in [0.1, 0.15) is 17.4 Å². The van der Waals surface area contributed by atoms with Crippen molar-refractivity contribution >= 4 is 34.5 Å². The normalized spacial score (nSPS) is 31.1. The number of esters is 1. The first-order valence-corrected chi connectivity index (χ1v) is 12.2. The molecule has 1 aliphatic rings. The van der Waals surface area contributed by atoms with Crippen molar-refractivity contribution in [3.05, 3.63) is 40.8 Å². The third-order valence-corrected chi connectivity index (χ3v) is 6.94. The van der Waals surface area contributed by atoms with Gasteiger partial charge in [-0.2, -0.15) is 0 Å². The van der Waals surface area contributed by atoms with Gasteiger partial charge in [0.25, 0.3) is 0 Å². The summed E-state index contributed by atoms with van der Waals surface area (Å²) in [7, 11) is 0. The summed E-state index contributed by atoms with van der Waals surface area (Å²) in [5.41, 5.74) is 0.674. The fourth-order valence-corrected chi connectivity index (χ4v) is 4.43. The summed E-state index contributed by atoms with van der Waals surface area (Å²) in [6.45, 7) is 8.61. The number of carbonyl (C=O) groups is 2. The number of aliphatic hydroxyl groups is 2. The Bertz CT molecular complexity index is 1090. The van der Waals surface area contributed by atoms with Crippen molar-refractivity contribution in [1.29, 1.82) is 0 Å². The number of Topliss-reactive ketones (excluding diaryl/α,β-unsaturated/α-hetero) is 1. The van der Waals surface area contributed by atoms with Crippen LogP contribution in [0.2, 0.25) is 0 Å². The minimum absolute atomic E-state index is 0.118. The van der Waals surface area contributed by atoms with Crippen LogP contribution in [-0.2, 0) is 19.1 Å². The Hall–Kier alpha value is -2.26. The molecule has 0 saturated carbocycles. The largest absolute Gasteiger partial charge is 0.457 e. The van der Waals surface area contributed by atoms with E-state index in [1.165, 1.54) is 0 Å². The van der Waals surface area contributed by atoms with E-state index in [9.17, 15) is 19.8 Å². The van der Waals surface area contributed by atoms with E-state index in [0.29, 0.717) is 27.6 Å². The molecule has 2 heterocycles. The van der Waals surface area contributed by atoms with E-state index in [-0.39, 0.29) is 37.8 Å². The van der Waals surface area contributed by atoms with Gasteiger partial charge in [-0.3, -0.25) is 9.59 Å². The van der Waals surface area contributed by atoms with E-state index in [1.54, 1.807) is 58.9 Å². The quantitative estimate of drug-likeness (QED) is 0.550. The number of halogens is 1. The highest BCUT2D eigenvalue weighted by atomic mass is 35.5. The van der Waals surface area contributed by atoms with Gasteiger partial charge in [-0.25, -0.2) is 4.98 Å². The molecule has 1 aromatic carbocycles. The van der Waals surface area contributed by atoms with Gasteiger partial charge in [0.2, 0.25) is 0 Å². The summed E-state index contributed by atoms with van der Waals surface area (Å²) in [5.74, 6) is -1.58. The molecule has 1 aromatic heterocycles. The molecular formula is C26H34ClNO7. The van der Waals surface area contributed by atoms with Crippen LogP contribution in [0.5, 0.6) is 0 Å². The molecule has 9 heteroatoms. The number of aliphatic hydroxyl groups excluding tert-OH is 2. The van der Waals surface area contributed by atoms with Crippen LogP contribution in [0.1, 0.15) is 58.1 Å². The van der Waals surface area contributed by atoms with Crippen LogP contribution < -0.4 is 0 Å². The molecule has 8 nitrogen and oxygen atoms in total. The van der Waals surface area contributed by atoms with Crippen molar-refractivity contribution in [2.24, 2.45) is 17.3 Å². The van der Waals surface area contributed by atoms with E-state index >= 15 is 0 Å². The van der Waals surface area contributed by atoms with Crippen LogP contribution in [0.15, 0.2) is 33.7 Å². The summed E-state index contributed by atoms with van der Waals surface area (Å²) >= 11 is 6.34. The second kappa shape index (κ2) is 11.2. The number of aromatic nitrogens is 1. The van der Waals surface area contributed by atoms with Crippen LogP contribution in [0.4, 0.5) is 0 Å². The highest BCUT2D eigenvalue weighted by Gasteiger charge is 2.42. The predicted molar refractivity (Wildman–Crippen MR) is 131 cm³/mol. The second-order valence-corrected chi connectivity index (χ2v) is 10.4. The number of ether oxygens (including phenoxy) is 2. The third kappa shape index (κ3) is 6.50. The first-order chi connectivity index (χ1) is 16.4. The molecule has 0 spiro atoms. The van der Waals surface area contributed by atoms with Crippen LogP contribution in [0, 0.1) is 24.2 Å². The maximum Gasteiger partial charge on any atom is 0.309 e. The molecule has 2 N–H and O–H groups in total. The molecule has 0 bridgehead atoms. The SMILES string of the molecule is Cc1nc2cc([C@@H]3C/C=C(/Cl)COC[C@H](C)[C@H](O)[C@@H](C)C(=O)C(C)(C)[C@@H](O)CC(=O)O3)ccc2o1. The van der Waals surface area contributed by atoms with Crippen molar-refractivity contribution < 1.29 is 33.7 Å². The van der Waals surface area contributed by atoms with Crippen molar-refractivity contribution in [2.45, 2.75) is 65.8 Å². The molecule has 0 fully saturated rings. The van der Waals surface area contributed by atoms with Gasteiger partial charge >= 0.3 is 5.97 Å². The molecule has 35 heavy (non-hydrogen) atoms. The Morgan fingerprint density at radius 1 is 1.17 bits per heavy atom. The van der Waals surface area contributed by atoms with Crippen LogP contribution in [0.25, 0.3) is 11.1 Å². The zero-order valence-corrected chi connectivity index (χ0v) is 21.5. The third-order valence-electron chi connectivity index (χ3n) is 6.68. The first kappa shape index (κ1) is 27.3. The highest BCUT2D eigenvalue weighted by Crippen LogP contribution is 2.33. The average Bonchev–Trinajstić information content (AvgIpc) is 3.18. The number of benzene rings is 1. The van der Waals surface area contributed by atoms with E-state index < -0.39 is 35.6 Å². The fourth-order valence-electron chi connectivity index (χ4n) is 4.27. The Labute approximate surface area is 210 Å². The summed E-state index contributed by atoms with van der Waals surface area (Å²) in [6, 6.07) is 5.34. The van der Waals surface area contributed by atoms with E-state index in [0.717, 1.165) is 0 Å². The number of hydrogen-bond donors (Lipinski definition) is 2. The summed E-state index contributed by atoms with van der Waals surface area (Å²) in [6.07, 6.45) is -1.36. The Balaban J connectivity index is 1.91. The summed E-state index contributed by atoms with van der Waals surface area (Å²) in [4.78, 5) is 30.3. The number of hydrogen-bond acceptors (Lipinski definition) is 8. The van der Waals surface area contributed by atoms with Crippen LogP contribution in [0.3, 0.4) is 0 Å². The Morgan fingerprint density at radius 2 is 1.89 bits per heavy atom. The smallest absolute Gasteiger partial charge is 0.309 e. The van der Waals surface area contributed by atoms with Gasteiger partial charge in [0.05, 0.1) is 37.3 Å². The number of rotatable bonds is 1. The number of aryl methyl sites for hydroxylation is 1. The highest BCUT2D eigenvalue weighted by molar-refractivity contribution is 6.29. The predicted octanol–water partition coefficient (Wildman–Crippen LogP) is 4.24. The van der Waals surface area contributed by atoms with E-state index in [1.807, 2.05) is 0 Å². The number of carbonyl (C=O) groups excluding carboxylic acids is 2. The fraction of sp³-hybridized carbons (Fsp3) is 0.577. The molecule has 0 saturated heterocycles. The molecule has 0 unspecified atom stereocenters. The van der Waals surface area contributed by atoms with Crippen molar-refractivity contribution in [3.63, 3.8) is 0 Å².